The van der Waals surface area contributed by atoms with Crippen molar-refractivity contribution < 1.29 is 28.7 Å². The number of allylic oxidation sites excluding steroid dienone is 1. The normalized spacial score (nSPS) is 11.9. The van der Waals surface area contributed by atoms with Crippen LogP contribution in [-0.2, 0) is 23.9 Å². The van der Waals surface area contributed by atoms with Crippen molar-refractivity contribution in [2.24, 2.45) is 11.3 Å². The highest BCUT2D eigenvalue weighted by atomic mass is 32.2. The molecule has 0 aliphatic rings. The van der Waals surface area contributed by atoms with Gasteiger partial charge in [-0.25, -0.2) is 4.79 Å². The molecule has 0 saturated heterocycles. The number of hydrogen-bond donors (Lipinski definition) is 1. The van der Waals surface area contributed by atoms with Gasteiger partial charge in [0.15, 0.2) is 5.78 Å². The van der Waals surface area contributed by atoms with Gasteiger partial charge in [-0.1, -0.05) is 6.58 Å². The summed E-state index contributed by atoms with van der Waals surface area (Å²) in [6.07, 6.45) is 1.66. The van der Waals surface area contributed by atoms with Gasteiger partial charge in [0.25, 0.3) is 0 Å². The molecule has 0 saturated carbocycles. The summed E-state index contributed by atoms with van der Waals surface area (Å²) in [5, 5.41) is 2.48. The van der Waals surface area contributed by atoms with Crippen LogP contribution in [0.5, 0.6) is 0 Å². The van der Waals surface area contributed by atoms with E-state index in [1.807, 2.05) is 0 Å². The van der Waals surface area contributed by atoms with E-state index in [1.165, 1.54) is 11.0 Å². The monoisotopic (exact) mass is 457 g/mol. The molecule has 0 bridgehead atoms. The van der Waals surface area contributed by atoms with Crippen LogP contribution in [0.25, 0.3) is 0 Å². The fraction of sp³-hybridized carbons (Fsp3) is 0.684. The van der Waals surface area contributed by atoms with Crippen molar-refractivity contribution in [1.29, 1.82) is 0 Å². The first-order valence-corrected chi connectivity index (χ1v) is 12.2. The number of nitrogens with one attached hydrogen (secondary N) is 1. The lowest BCUT2D eigenvalue weighted by Gasteiger charge is -2.28. The standard InChI is InChI=1S/C19H34BN2O6SSi/c1-6-15(23)12-14(16(24)22(4)5)13-19(2,3)17(25)27-8-7-10-29-11-9-28-18(26)21-20-30/h6,14H,1,7-13H2,2-5,30H3,(H,21,26). The largest absolute Gasteiger partial charge is 0.465 e. The van der Waals surface area contributed by atoms with E-state index in [0.717, 1.165) is 15.9 Å². The van der Waals surface area contributed by atoms with Crippen LogP contribution < -0.4 is 5.23 Å². The molecule has 0 aromatic rings. The van der Waals surface area contributed by atoms with E-state index in [4.69, 9.17) is 9.47 Å². The molecule has 11 heteroatoms. The Morgan fingerprint density at radius 3 is 2.43 bits per heavy atom. The van der Waals surface area contributed by atoms with Gasteiger partial charge in [-0.2, -0.15) is 11.8 Å². The number of amides is 2. The summed E-state index contributed by atoms with van der Waals surface area (Å²) in [5.74, 6) is 0.00791. The molecule has 0 spiro atoms. The second kappa shape index (κ2) is 15.1. The quantitative estimate of drug-likeness (QED) is 0.166. The third-order valence-corrected chi connectivity index (χ3v) is 5.49. The van der Waals surface area contributed by atoms with Gasteiger partial charge in [0, 0.05) is 32.2 Å². The summed E-state index contributed by atoms with van der Waals surface area (Å²) >= 11 is 1.60. The number of nitrogens with zero attached hydrogens (tertiary/aromatic N) is 1. The lowest BCUT2D eigenvalue weighted by molar-refractivity contribution is -0.156. The second-order valence-electron chi connectivity index (χ2n) is 7.56. The number of hydrogen-bond acceptors (Lipinski definition) is 7. The molecular weight excluding hydrogens is 423 g/mol. The molecule has 1 unspecified atom stereocenters. The molecule has 0 aliphatic carbocycles. The Balaban J connectivity index is 4.34. The Morgan fingerprint density at radius 1 is 1.20 bits per heavy atom. The Hall–Kier alpha value is -1.75. The first-order chi connectivity index (χ1) is 14.0. The molecule has 0 fully saturated rings. The third kappa shape index (κ3) is 12.1. The average Bonchev–Trinajstić information content (AvgIpc) is 2.68. The third-order valence-electron chi connectivity index (χ3n) is 4.16. The summed E-state index contributed by atoms with van der Waals surface area (Å²) < 4.78 is 10.3. The van der Waals surface area contributed by atoms with Gasteiger partial charge in [-0.3, -0.25) is 14.4 Å². The van der Waals surface area contributed by atoms with Crippen molar-refractivity contribution in [3.63, 3.8) is 0 Å². The zero-order chi connectivity index (χ0) is 23.2. The first kappa shape index (κ1) is 28.3. The molecule has 8 nitrogen and oxygen atoms in total. The molecular formula is C19H34BN2O6SSi. The van der Waals surface area contributed by atoms with E-state index >= 15 is 0 Å². The molecule has 0 heterocycles. The van der Waals surface area contributed by atoms with E-state index in [-0.39, 0.29) is 31.1 Å². The zero-order valence-electron chi connectivity index (χ0n) is 18.7. The molecule has 0 aromatic heterocycles. The van der Waals surface area contributed by atoms with Crippen LogP contribution in [0.4, 0.5) is 4.79 Å². The molecule has 0 aliphatic heterocycles. The number of rotatable bonds is 15. The summed E-state index contributed by atoms with van der Waals surface area (Å²) in [4.78, 5) is 49.2. The van der Waals surface area contributed by atoms with Crippen molar-refractivity contribution in [1.82, 2.24) is 10.1 Å². The smallest absolute Gasteiger partial charge is 0.394 e. The number of carbonyl (C=O) groups is 4. The molecule has 169 valence electrons. The van der Waals surface area contributed by atoms with E-state index in [1.54, 1.807) is 46.7 Å². The maximum atomic E-state index is 12.5. The highest BCUT2D eigenvalue weighted by molar-refractivity contribution is 7.99. The molecule has 0 rings (SSSR count). The number of ketones is 1. The van der Waals surface area contributed by atoms with Crippen LogP contribution in [0.1, 0.15) is 33.1 Å². The van der Waals surface area contributed by atoms with E-state index in [9.17, 15) is 19.2 Å². The van der Waals surface area contributed by atoms with Crippen molar-refractivity contribution in [3.8, 4) is 0 Å². The fourth-order valence-electron chi connectivity index (χ4n) is 2.61. The molecule has 2 amide bonds. The average molecular weight is 457 g/mol. The SMILES string of the molecule is C=CC(=O)CC(CC(C)(C)C(=O)OCCCSCCOC(=O)N[B][SiH3])C(=O)N(C)C. The number of carbonyl (C=O) groups excluding carboxylic acids is 4. The number of esters is 1. The summed E-state index contributed by atoms with van der Waals surface area (Å²) in [6.45, 7) is 7.48. The van der Waals surface area contributed by atoms with Gasteiger partial charge < -0.3 is 19.6 Å². The van der Waals surface area contributed by atoms with Crippen LogP contribution >= 0.6 is 11.8 Å². The van der Waals surface area contributed by atoms with Crippen molar-refractivity contribution >= 4 is 52.6 Å². The van der Waals surface area contributed by atoms with Crippen molar-refractivity contribution in [3.05, 3.63) is 12.7 Å². The summed E-state index contributed by atoms with van der Waals surface area (Å²) in [6, 6.07) is 0. The number of thioether (sulfide) groups is 1. The summed E-state index contributed by atoms with van der Waals surface area (Å²) in [7, 11) is 5.65. The predicted molar refractivity (Wildman–Crippen MR) is 123 cm³/mol. The lowest BCUT2D eigenvalue weighted by Crippen LogP contribution is -2.37. The van der Waals surface area contributed by atoms with E-state index < -0.39 is 23.4 Å². The molecule has 1 radical (unpaired) electrons. The topological polar surface area (TPSA) is 102 Å². The minimum absolute atomic E-state index is 0.0200. The van der Waals surface area contributed by atoms with Crippen LogP contribution in [0, 0.1) is 11.3 Å². The van der Waals surface area contributed by atoms with Crippen LogP contribution in [-0.4, -0.2) is 84.6 Å². The van der Waals surface area contributed by atoms with Crippen LogP contribution in [0.15, 0.2) is 12.7 Å². The van der Waals surface area contributed by atoms with Gasteiger partial charge >= 0.3 is 12.1 Å². The first-order valence-electron chi connectivity index (χ1n) is 9.87. The molecule has 1 atom stereocenters. The summed E-state index contributed by atoms with van der Waals surface area (Å²) in [5.41, 5.74) is -0.898. The van der Waals surface area contributed by atoms with Gasteiger partial charge in [0.2, 0.25) is 12.9 Å². The fourth-order valence-corrected chi connectivity index (χ4v) is 3.58. The predicted octanol–water partition coefficient (Wildman–Crippen LogP) is 0.545. The van der Waals surface area contributed by atoms with Crippen molar-refractivity contribution in [2.75, 3.05) is 38.8 Å². The van der Waals surface area contributed by atoms with Gasteiger partial charge in [0.05, 0.1) is 12.0 Å². The zero-order valence-corrected chi connectivity index (χ0v) is 21.5. The highest BCUT2D eigenvalue weighted by Gasteiger charge is 2.36. The van der Waals surface area contributed by atoms with Gasteiger partial charge in [-0.05, 0) is 48.6 Å². The van der Waals surface area contributed by atoms with Gasteiger partial charge in [-0.15, -0.1) is 0 Å². The van der Waals surface area contributed by atoms with E-state index in [2.05, 4.69) is 11.8 Å². The lowest BCUT2D eigenvalue weighted by atomic mass is 9.80. The molecule has 30 heavy (non-hydrogen) atoms. The van der Waals surface area contributed by atoms with Crippen molar-refractivity contribution in [2.45, 2.75) is 33.1 Å². The minimum atomic E-state index is -0.898. The second-order valence-corrected chi connectivity index (χ2v) is 9.37. The number of ether oxygens (including phenoxy) is 2. The maximum absolute atomic E-state index is 12.5. The molecule has 0 aromatic carbocycles. The minimum Gasteiger partial charge on any atom is -0.465 e. The molecule has 1 N–H and O–H groups in total. The van der Waals surface area contributed by atoms with Gasteiger partial charge in [0.1, 0.15) is 6.61 Å². The van der Waals surface area contributed by atoms with E-state index in [0.29, 0.717) is 18.8 Å². The van der Waals surface area contributed by atoms with Crippen LogP contribution in [0.3, 0.4) is 0 Å². The Morgan fingerprint density at radius 2 is 1.87 bits per heavy atom. The maximum Gasteiger partial charge on any atom is 0.394 e. The Bertz CT molecular complexity index is 604. The Labute approximate surface area is 187 Å². The Kier molecular flexibility index (Phi) is 14.2. The van der Waals surface area contributed by atoms with Crippen LogP contribution in [0.2, 0.25) is 0 Å². The highest BCUT2D eigenvalue weighted by Crippen LogP contribution is 2.30.